The average molecular weight is 375 g/mol. The monoisotopic (exact) mass is 374 g/mol. The normalized spacial score (nSPS) is 21.2. The van der Waals surface area contributed by atoms with Gasteiger partial charge in [0.2, 0.25) is 0 Å². The topological polar surface area (TPSA) is 52.6 Å². The van der Waals surface area contributed by atoms with E-state index in [2.05, 4.69) is 0 Å². The van der Waals surface area contributed by atoms with Crippen LogP contribution in [0.4, 0.5) is 0 Å². The van der Waals surface area contributed by atoms with Gasteiger partial charge in [0.1, 0.15) is 5.75 Å². The van der Waals surface area contributed by atoms with E-state index in [4.69, 9.17) is 8.92 Å². The molecule has 1 aliphatic rings. The lowest BCUT2D eigenvalue weighted by Crippen LogP contribution is -2.25. The van der Waals surface area contributed by atoms with Gasteiger partial charge in [-0.3, -0.25) is 4.18 Å². The van der Waals surface area contributed by atoms with Gasteiger partial charge in [-0.25, -0.2) is 0 Å². The number of benzene rings is 2. The maximum absolute atomic E-state index is 12.8. The van der Waals surface area contributed by atoms with E-state index < -0.39 is 10.1 Å². The standard InChI is InChI=1S/C21H26O4S/c1-16-8-14-19(15-9-16)26(22,23)25-21-7-5-3-4-6-20(21)17-10-12-18(24-2)13-11-17/h8-15,20-21H,3-7H2,1-2H3/t20-,21+/m1/s1. The van der Waals surface area contributed by atoms with Gasteiger partial charge < -0.3 is 4.74 Å². The van der Waals surface area contributed by atoms with Crippen LogP contribution in [-0.4, -0.2) is 21.6 Å². The van der Waals surface area contributed by atoms with Crippen molar-refractivity contribution in [3.05, 3.63) is 59.7 Å². The number of methoxy groups -OCH3 is 1. The lowest BCUT2D eigenvalue weighted by atomic mass is 9.89. The van der Waals surface area contributed by atoms with E-state index in [1.807, 2.05) is 31.2 Å². The van der Waals surface area contributed by atoms with Crippen LogP contribution in [-0.2, 0) is 14.3 Å². The van der Waals surface area contributed by atoms with Gasteiger partial charge in [0, 0.05) is 5.92 Å². The summed E-state index contributed by atoms with van der Waals surface area (Å²) in [5, 5.41) is 0. The fourth-order valence-electron chi connectivity index (χ4n) is 3.54. The Kier molecular flexibility index (Phi) is 5.99. The van der Waals surface area contributed by atoms with Crippen molar-refractivity contribution < 1.29 is 17.3 Å². The Morgan fingerprint density at radius 3 is 2.19 bits per heavy atom. The van der Waals surface area contributed by atoms with Gasteiger partial charge >= 0.3 is 0 Å². The van der Waals surface area contributed by atoms with E-state index in [1.54, 1.807) is 31.4 Å². The third-order valence-electron chi connectivity index (χ3n) is 5.06. The Labute approximate surface area is 156 Å². The predicted molar refractivity (Wildman–Crippen MR) is 102 cm³/mol. The minimum atomic E-state index is -3.77. The van der Waals surface area contributed by atoms with Gasteiger partial charge in [-0.05, 0) is 49.6 Å². The molecule has 0 bridgehead atoms. The highest BCUT2D eigenvalue weighted by Gasteiger charge is 2.31. The molecule has 1 saturated carbocycles. The first-order chi connectivity index (χ1) is 12.5. The summed E-state index contributed by atoms with van der Waals surface area (Å²) in [4.78, 5) is 0.223. The minimum Gasteiger partial charge on any atom is -0.497 e. The third kappa shape index (κ3) is 4.46. The average Bonchev–Trinajstić information content (AvgIpc) is 2.87. The summed E-state index contributed by atoms with van der Waals surface area (Å²) in [6.07, 6.45) is 4.53. The van der Waals surface area contributed by atoms with Crippen molar-refractivity contribution >= 4 is 10.1 Å². The number of ether oxygens (including phenoxy) is 1. The largest absolute Gasteiger partial charge is 0.497 e. The molecule has 0 unspecified atom stereocenters. The Morgan fingerprint density at radius 2 is 1.54 bits per heavy atom. The highest BCUT2D eigenvalue weighted by atomic mass is 32.2. The van der Waals surface area contributed by atoms with Gasteiger partial charge in [0.05, 0.1) is 18.1 Å². The van der Waals surface area contributed by atoms with Crippen LogP contribution < -0.4 is 4.74 Å². The molecule has 3 rings (SSSR count). The fourth-order valence-corrected chi connectivity index (χ4v) is 4.68. The van der Waals surface area contributed by atoms with Gasteiger partial charge in [-0.1, -0.05) is 49.1 Å². The second-order valence-corrected chi connectivity index (χ2v) is 8.49. The van der Waals surface area contributed by atoms with Crippen LogP contribution in [0.2, 0.25) is 0 Å². The van der Waals surface area contributed by atoms with Crippen LogP contribution in [0.3, 0.4) is 0 Å². The van der Waals surface area contributed by atoms with E-state index >= 15 is 0 Å². The second-order valence-electron chi connectivity index (χ2n) is 6.92. The van der Waals surface area contributed by atoms with Crippen LogP contribution in [0.15, 0.2) is 53.4 Å². The zero-order valence-corrected chi connectivity index (χ0v) is 16.2. The molecular formula is C21H26O4S. The summed E-state index contributed by atoms with van der Waals surface area (Å²) in [5.74, 6) is 0.871. The van der Waals surface area contributed by atoms with Crippen molar-refractivity contribution in [2.75, 3.05) is 7.11 Å². The number of hydrogen-bond acceptors (Lipinski definition) is 4. The third-order valence-corrected chi connectivity index (χ3v) is 6.41. The molecule has 0 aromatic heterocycles. The molecule has 4 nitrogen and oxygen atoms in total. The van der Waals surface area contributed by atoms with Crippen LogP contribution in [0.1, 0.15) is 49.1 Å². The Bertz CT molecular complexity index is 810. The van der Waals surface area contributed by atoms with E-state index in [9.17, 15) is 8.42 Å². The van der Waals surface area contributed by atoms with Crippen LogP contribution in [0.5, 0.6) is 5.75 Å². The van der Waals surface area contributed by atoms with Gasteiger partial charge in [0.15, 0.2) is 0 Å². The summed E-state index contributed by atoms with van der Waals surface area (Å²) >= 11 is 0. The molecule has 0 radical (unpaired) electrons. The minimum absolute atomic E-state index is 0.0728. The SMILES string of the molecule is COc1ccc([C@H]2CCCCC[C@@H]2OS(=O)(=O)c2ccc(C)cc2)cc1. The highest BCUT2D eigenvalue weighted by Crippen LogP contribution is 2.36. The van der Waals surface area contributed by atoms with Crippen molar-refractivity contribution in [3.63, 3.8) is 0 Å². The molecule has 1 aliphatic carbocycles. The molecule has 140 valence electrons. The molecule has 1 fully saturated rings. The van der Waals surface area contributed by atoms with Crippen LogP contribution in [0.25, 0.3) is 0 Å². The summed E-state index contributed by atoms with van der Waals surface area (Å²) < 4.78 is 36.5. The maximum atomic E-state index is 12.8. The molecule has 2 atom stereocenters. The second kappa shape index (κ2) is 8.23. The molecule has 0 amide bonds. The van der Waals surface area contributed by atoms with Gasteiger partial charge in [-0.15, -0.1) is 0 Å². The lowest BCUT2D eigenvalue weighted by Gasteiger charge is -2.25. The van der Waals surface area contributed by atoms with Crippen LogP contribution in [0, 0.1) is 6.92 Å². The van der Waals surface area contributed by atoms with E-state index in [0.29, 0.717) is 0 Å². The smallest absolute Gasteiger partial charge is 0.297 e. The summed E-state index contributed by atoms with van der Waals surface area (Å²) in [6, 6.07) is 14.7. The van der Waals surface area contributed by atoms with E-state index in [1.165, 1.54) is 0 Å². The molecule has 5 heteroatoms. The maximum Gasteiger partial charge on any atom is 0.297 e. The number of rotatable bonds is 5. The zero-order valence-electron chi connectivity index (χ0n) is 15.4. The lowest BCUT2D eigenvalue weighted by molar-refractivity contribution is 0.168. The first kappa shape index (κ1) is 18.9. The van der Waals surface area contributed by atoms with Gasteiger partial charge in [-0.2, -0.15) is 8.42 Å². The van der Waals surface area contributed by atoms with E-state index in [0.717, 1.165) is 49.0 Å². The Balaban J connectivity index is 1.85. The van der Waals surface area contributed by atoms with E-state index in [-0.39, 0.29) is 16.9 Å². The summed E-state index contributed by atoms with van der Waals surface area (Å²) in [5.41, 5.74) is 2.13. The first-order valence-corrected chi connectivity index (χ1v) is 10.5. The van der Waals surface area contributed by atoms with Crippen molar-refractivity contribution in [2.24, 2.45) is 0 Å². The van der Waals surface area contributed by atoms with Crippen molar-refractivity contribution in [1.82, 2.24) is 0 Å². The Morgan fingerprint density at radius 1 is 0.885 bits per heavy atom. The zero-order chi connectivity index (χ0) is 18.6. The molecular weight excluding hydrogens is 348 g/mol. The molecule has 26 heavy (non-hydrogen) atoms. The fraction of sp³-hybridized carbons (Fsp3) is 0.429. The van der Waals surface area contributed by atoms with Crippen LogP contribution >= 0.6 is 0 Å². The van der Waals surface area contributed by atoms with Crippen molar-refractivity contribution in [3.8, 4) is 5.75 Å². The number of hydrogen-bond donors (Lipinski definition) is 0. The molecule has 0 spiro atoms. The molecule has 0 aliphatic heterocycles. The molecule has 0 heterocycles. The molecule has 0 N–H and O–H groups in total. The van der Waals surface area contributed by atoms with Crippen molar-refractivity contribution in [2.45, 2.75) is 55.9 Å². The van der Waals surface area contributed by atoms with Gasteiger partial charge in [0.25, 0.3) is 10.1 Å². The summed E-state index contributed by atoms with van der Waals surface area (Å²) in [6.45, 7) is 1.93. The first-order valence-electron chi connectivity index (χ1n) is 9.13. The molecule has 0 saturated heterocycles. The highest BCUT2D eigenvalue weighted by molar-refractivity contribution is 7.86. The quantitative estimate of drug-likeness (QED) is 0.556. The summed E-state index contributed by atoms with van der Waals surface area (Å²) in [7, 11) is -2.13. The molecule has 2 aromatic rings. The van der Waals surface area contributed by atoms with Crippen molar-refractivity contribution in [1.29, 1.82) is 0 Å². The molecule has 2 aromatic carbocycles. The Hall–Kier alpha value is -1.85. The predicted octanol–water partition coefficient (Wildman–Crippen LogP) is 4.83. The number of aryl methyl sites for hydroxylation is 1.